The van der Waals surface area contributed by atoms with Crippen molar-refractivity contribution in [2.45, 2.75) is 23.1 Å². The van der Waals surface area contributed by atoms with Crippen LogP contribution in [0.1, 0.15) is 34.1 Å². The first-order valence-electron chi connectivity index (χ1n) is 6.95. The average Bonchev–Trinajstić information content (AvgIpc) is 3.16. The van der Waals surface area contributed by atoms with Gasteiger partial charge in [0.15, 0.2) is 0 Å². The molecule has 1 aliphatic heterocycles. The number of carbonyl (C=O) groups is 1. The molecule has 0 unspecified atom stereocenters. The molecule has 7 heteroatoms. The standard InChI is InChI=1S/C15H16N2O3S2/c16-22(19,20)14-9-8-13(21-14)15(18)17-10-4-7-12(17)11-5-2-1-3-6-11/h1-3,5-6,8-9,12H,4,7,10H2,(H2,16,19,20)/t12-/m1/s1. The summed E-state index contributed by atoms with van der Waals surface area (Å²) < 4.78 is 22.7. The molecule has 0 spiro atoms. The molecule has 1 amide bonds. The van der Waals surface area contributed by atoms with Crippen molar-refractivity contribution < 1.29 is 13.2 Å². The largest absolute Gasteiger partial charge is 0.331 e. The molecule has 1 aromatic carbocycles. The lowest BCUT2D eigenvalue weighted by Crippen LogP contribution is -2.29. The quantitative estimate of drug-likeness (QED) is 0.934. The Morgan fingerprint density at radius 2 is 1.91 bits per heavy atom. The molecular weight excluding hydrogens is 320 g/mol. The molecule has 1 saturated heterocycles. The van der Waals surface area contributed by atoms with Crippen molar-refractivity contribution in [1.82, 2.24) is 4.90 Å². The minimum atomic E-state index is -3.76. The Morgan fingerprint density at radius 3 is 2.55 bits per heavy atom. The Kier molecular flexibility index (Phi) is 4.03. The van der Waals surface area contributed by atoms with Gasteiger partial charge in [0.1, 0.15) is 4.21 Å². The number of rotatable bonds is 3. The van der Waals surface area contributed by atoms with Gasteiger partial charge in [0.25, 0.3) is 5.91 Å². The maximum atomic E-state index is 12.7. The van der Waals surface area contributed by atoms with Gasteiger partial charge in [-0.2, -0.15) is 0 Å². The number of benzene rings is 1. The van der Waals surface area contributed by atoms with E-state index in [4.69, 9.17) is 5.14 Å². The van der Waals surface area contributed by atoms with Crippen molar-refractivity contribution in [2.75, 3.05) is 6.54 Å². The lowest BCUT2D eigenvalue weighted by molar-refractivity contribution is 0.0740. The van der Waals surface area contributed by atoms with Gasteiger partial charge in [-0.05, 0) is 30.5 Å². The smallest absolute Gasteiger partial charge is 0.264 e. The molecule has 2 heterocycles. The van der Waals surface area contributed by atoms with Gasteiger partial charge in [-0.25, -0.2) is 13.6 Å². The minimum absolute atomic E-state index is 0.0197. The first-order chi connectivity index (χ1) is 10.5. The van der Waals surface area contributed by atoms with Crippen LogP contribution in [0.4, 0.5) is 0 Å². The molecule has 116 valence electrons. The van der Waals surface area contributed by atoms with Crippen LogP contribution in [0.2, 0.25) is 0 Å². The zero-order valence-corrected chi connectivity index (χ0v) is 13.4. The summed E-state index contributed by atoms with van der Waals surface area (Å²) >= 11 is 0.928. The van der Waals surface area contributed by atoms with Crippen LogP contribution in [0.25, 0.3) is 0 Å². The highest BCUT2D eigenvalue weighted by Crippen LogP contribution is 2.34. The van der Waals surface area contributed by atoms with Crippen molar-refractivity contribution in [1.29, 1.82) is 0 Å². The van der Waals surface area contributed by atoms with Crippen LogP contribution in [0.15, 0.2) is 46.7 Å². The van der Waals surface area contributed by atoms with E-state index in [2.05, 4.69) is 0 Å². The lowest BCUT2D eigenvalue weighted by Gasteiger charge is -2.24. The molecule has 0 radical (unpaired) electrons. The second-order valence-corrected chi connectivity index (χ2v) is 8.10. The number of hydrogen-bond donors (Lipinski definition) is 1. The number of nitrogens with two attached hydrogens (primary N) is 1. The Balaban J connectivity index is 1.87. The van der Waals surface area contributed by atoms with Crippen molar-refractivity contribution >= 4 is 27.3 Å². The molecular formula is C15H16N2O3S2. The molecule has 0 saturated carbocycles. The van der Waals surface area contributed by atoms with E-state index in [0.29, 0.717) is 11.4 Å². The third kappa shape index (κ3) is 2.92. The molecule has 1 aromatic heterocycles. The van der Waals surface area contributed by atoms with Crippen LogP contribution < -0.4 is 5.14 Å². The van der Waals surface area contributed by atoms with E-state index in [9.17, 15) is 13.2 Å². The first-order valence-corrected chi connectivity index (χ1v) is 9.31. The third-order valence-corrected chi connectivity index (χ3v) is 6.28. The third-order valence-electron chi connectivity index (χ3n) is 3.77. The Bertz CT molecular complexity index is 784. The van der Waals surface area contributed by atoms with Gasteiger partial charge < -0.3 is 4.90 Å². The minimum Gasteiger partial charge on any atom is -0.331 e. The van der Waals surface area contributed by atoms with Crippen LogP contribution in [0.3, 0.4) is 0 Å². The summed E-state index contributed by atoms with van der Waals surface area (Å²) in [6, 6.07) is 12.9. The number of sulfonamides is 1. The van der Waals surface area contributed by atoms with E-state index in [1.807, 2.05) is 35.2 Å². The number of hydrogen-bond acceptors (Lipinski definition) is 4. The highest BCUT2D eigenvalue weighted by Gasteiger charge is 2.31. The van der Waals surface area contributed by atoms with Crippen LogP contribution in [-0.4, -0.2) is 25.8 Å². The van der Waals surface area contributed by atoms with Gasteiger partial charge in [0.2, 0.25) is 10.0 Å². The van der Waals surface area contributed by atoms with Crippen LogP contribution in [0, 0.1) is 0 Å². The van der Waals surface area contributed by atoms with Gasteiger partial charge in [-0.1, -0.05) is 30.3 Å². The van der Waals surface area contributed by atoms with E-state index in [0.717, 1.165) is 29.7 Å². The van der Waals surface area contributed by atoms with Crippen molar-refractivity contribution in [3.05, 3.63) is 52.9 Å². The fourth-order valence-electron chi connectivity index (χ4n) is 2.76. The van der Waals surface area contributed by atoms with Gasteiger partial charge in [-0.3, -0.25) is 4.79 Å². The van der Waals surface area contributed by atoms with Gasteiger partial charge >= 0.3 is 0 Å². The SMILES string of the molecule is NS(=O)(=O)c1ccc(C(=O)N2CCC[C@@H]2c2ccccc2)s1. The topological polar surface area (TPSA) is 80.5 Å². The van der Waals surface area contributed by atoms with E-state index in [1.54, 1.807) is 0 Å². The van der Waals surface area contributed by atoms with E-state index >= 15 is 0 Å². The summed E-state index contributed by atoms with van der Waals surface area (Å²) in [5.41, 5.74) is 1.11. The van der Waals surface area contributed by atoms with Crippen molar-refractivity contribution in [3.63, 3.8) is 0 Å². The molecule has 2 N–H and O–H groups in total. The highest BCUT2D eigenvalue weighted by molar-refractivity contribution is 7.91. The van der Waals surface area contributed by atoms with Crippen LogP contribution in [-0.2, 0) is 10.0 Å². The summed E-state index contributed by atoms with van der Waals surface area (Å²) in [7, 11) is -3.76. The van der Waals surface area contributed by atoms with Crippen molar-refractivity contribution in [2.24, 2.45) is 5.14 Å². The van der Waals surface area contributed by atoms with E-state index in [-0.39, 0.29) is 16.2 Å². The van der Waals surface area contributed by atoms with Crippen molar-refractivity contribution in [3.8, 4) is 0 Å². The van der Waals surface area contributed by atoms with Crippen LogP contribution >= 0.6 is 11.3 Å². The maximum absolute atomic E-state index is 12.7. The summed E-state index contributed by atoms with van der Waals surface area (Å²) in [6.45, 7) is 0.682. The zero-order chi connectivity index (χ0) is 15.7. The predicted octanol–water partition coefficient (Wildman–Crippen LogP) is 2.37. The fraction of sp³-hybridized carbons (Fsp3) is 0.267. The molecule has 0 bridgehead atoms. The van der Waals surface area contributed by atoms with Gasteiger partial charge in [0.05, 0.1) is 10.9 Å². The number of nitrogens with zero attached hydrogens (tertiary/aromatic N) is 1. The summed E-state index contributed by atoms with van der Waals surface area (Å²) in [5, 5.41) is 5.10. The maximum Gasteiger partial charge on any atom is 0.264 e. The number of primary sulfonamides is 1. The number of amides is 1. The molecule has 22 heavy (non-hydrogen) atoms. The fourth-order valence-corrected chi connectivity index (χ4v) is 4.45. The highest BCUT2D eigenvalue weighted by atomic mass is 32.2. The van der Waals surface area contributed by atoms with Gasteiger partial charge in [-0.15, -0.1) is 11.3 Å². The molecule has 1 fully saturated rings. The summed E-state index contributed by atoms with van der Waals surface area (Å²) in [5.74, 6) is -0.133. The predicted molar refractivity (Wildman–Crippen MR) is 85.1 cm³/mol. The summed E-state index contributed by atoms with van der Waals surface area (Å²) in [4.78, 5) is 14.9. The summed E-state index contributed by atoms with van der Waals surface area (Å²) in [6.07, 6.45) is 1.86. The molecule has 5 nitrogen and oxygen atoms in total. The Labute approximate surface area is 133 Å². The lowest BCUT2D eigenvalue weighted by atomic mass is 10.0. The molecule has 1 aliphatic rings. The molecule has 0 aliphatic carbocycles. The average molecular weight is 336 g/mol. The second kappa shape index (κ2) is 5.83. The Hall–Kier alpha value is -1.70. The monoisotopic (exact) mass is 336 g/mol. The zero-order valence-electron chi connectivity index (χ0n) is 11.8. The normalized spacial score (nSPS) is 18.6. The number of likely N-dealkylation sites (tertiary alicyclic amines) is 1. The number of thiophene rings is 1. The Morgan fingerprint density at radius 1 is 1.18 bits per heavy atom. The molecule has 3 rings (SSSR count). The van der Waals surface area contributed by atoms with E-state index < -0.39 is 10.0 Å². The van der Waals surface area contributed by atoms with Gasteiger partial charge in [0, 0.05) is 6.54 Å². The molecule has 1 atom stereocenters. The van der Waals surface area contributed by atoms with Crippen LogP contribution in [0.5, 0.6) is 0 Å². The first kappa shape index (κ1) is 15.2. The number of carbonyl (C=O) groups excluding carboxylic acids is 1. The van der Waals surface area contributed by atoms with E-state index in [1.165, 1.54) is 12.1 Å². The second-order valence-electron chi connectivity index (χ2n) is 5.23. The molecule has 2 aromatic rings.